The first-order valence-corrected chi connectivity index (χ1v) is 6.49. The zero-order valence-electron chi connectivity index (χ0n) is 10.8. The second kappa shape index (κ2) is 4.87. The van der Waals surface area contributed by atoms with Crippen molar-refractivity contribution in [2.45, 2.75) is 19.8 Å². The number of nitrogens with zero attached hydrogens (tertiary/aromatic N) is 3. The van der Waals surface area contributed by atoms with Crippen molar-refractivity contribution in [2.24, 2.45) is 5.92 Å². The molecule has 1 saturated heterocycles. The van der Waals surface area contributed by atoms with Gasteiger partial charge >= 0.3 is 6.09 Å². The van der Waals surface area contributed by atoms with Gasteiger partial charge in [-0.1, -0.05) is 6.92 Å². The zero-order valence-corrected chi connectivity index (χ0v) is 10.8. The molecule has 3 rings (SSSR count). The first-order valence-electron chi connectivity index (χ1n) is 6.49. The number of hydrogen-bond acceptors (Lipinski definition) is 4. The topological polar surface area (TPSA) is 71.1 Å². The van der Waals surface area contributed by atoms with Crippen LogP contribution in [0.2, 0.25) is 0 Å². The van der Waals surface area contributed by atoms with Gasteiger partial charge in [-0.25, -0.2) is 4.79 Å². The van der Waals surface area contributed by atoms with Gasteiger partial charge in [-0.15, -0.1) is 5.10 Å². The molecular weight excluding hydrogens is 244 g/mol. The number of aromatic amines is 1. The van der Waals surface area contributed by atoms with E-state index in [0.717, 1.165) is 36.8 Å². The van der Waals surface area contributed by atoms with Crippen LogP contribution in [-0.2, 0) is 0 Å². The Morgan fingerprint density at radius 2 is 2.26 bits per heavy atom. The van der Waals surface area contributed by atoms with Gasteiger partial charge in [0.05, 0.1) is 10.9 Å². The van der Waals surface area contributed by atoms with Crippen LogP contribution in [-0.4, -0.2) is 39.3 Å². The van der Waals surface area contributed by atoms with Gasteiger partial charge in [-0.05, 0) is 24.8 Å². The maximum Gasteiger partial charge on any atom is 0.416 e. The number of fused-ring (bicyclic) bond motifs is 1. The Morgan fingerprint density at radius 1 is 1.47 bits per heavy atom. The number of amides is 1. The Balaban J connectivity index is 1.72. The lowest BCUT2D eigenvalue weighted by Gasteiger charge is -2.28. The standard InChI is InChI=1S/C13H16N4O2/c1-9-3-6-17(7-4-9)13(18)19-12-10-8-14-5-2-11(10)15-16-12/h2,5,8-9H,3-4,6-7H2,1H3,(H,15,16). The molecule has 1 N–H and O–H groups in total. The summed E-state index contributed by atoms with van der Waals surface area (Å²) < 4.78 is 5.35. The number of pyridine rings is 1. The van der Waals surface area contributed by atoms with E-state index in [1.165, 1.54) is 0 Å². The van der Waals surface area contributed by atoms with Gasteiger partial charge in [0.25, 0.3) is 5.88 Å². The number of rotatable bonds is 1. The smallest absolute Gasteiger partial charge is 0.389 e. The number of likely N-dealkylation sites (tertiary alicyclic amines) is 1. The van der Waals surface area contributed by atoms with Crippen molar-refractivity contribution in [2.75, 3.05) is 13.1 Å². The molecule has 1 aliphatic heterocycles. The van der Waals surface area contributed by atoms with Crippen molar-refractivity contribution in [1.29, 1.82) is 0 Å². The van der Waals surface area contributed by atoms with Crippen LogP contribution >= 0.6 is 0 Å². The highest BCUT2D eigenvalue weighted by atomic mass is 16.6. The van der Waals surface area contributed by atoms with Gasteiger partial charge in [-0.3, -0.25) is 10.1 Å². The second-order valence-corrected chi connectivity index (χ2v) is 4.99. The quantitative estimate of drug-likeness (QED) is 0.853. The first kappa shape index (κ1) is 12.0. The first-order chi connectivity index (χ1) is 9.24. The number of carbonyl (C=O) groups is 1. The van der Waals surface area contributed by atoms with E-state index in [1.54, 1.807) is 23.4 Å². The average Bonchev–Trinajstić information content (AvgIpc) is 2.83. The fourth-order valence-electron chi connectivity index (χ4n) is 2.25. The van der Waals surface area contributed by atoms with Gasteiger partial charge in [0.2, 0.25) is 0 Å². The van der Waals surface area contributed by atoms with Crippen LogP contribution in [0.5, 0.6) is 5.88 Å². The Hall–Kier alpha value is -2.11. The van der Waals surface area contributed by atoms with E-state index in [9.17, 15) is 4.79 Å². The zero-order chi connectivity index (χ0) is 13.2. The molecular formula is C13H16N4O2. The fourth-order valence-corrected chi connectivity index (χ4v) is 2.25. The molecule has 2 aromatic rings. The van der Waals surface area contributed by atoms with Crippen LogP contribution in [0, 0.1) is 5.92 Å². The van der Waals surface area contributed by atoms with Crippen LogP contribution in [0.1, 0.15) is 19.8 Å². The van der Waals surface area contributed by atoms with Crippen molar-refractivity contribution in [3.63, 3.8) is 0 Å². The lowest BCUT2D eigenvalue weighted by molar-refractivity contribution is 0.132. The summed E-state index contributed by atoms with van der Waals surface area (Å²) in [4.78, 5) is 17.8. The lowest BCUT2D eigenvalue weighted by atomic mass is 10.00. The summed E-state index contributed by atoms with van der Waals surface area (Å²) in [6.07, 6.45) is 5.03. The maximum absolute atomic E-state index is 12.0. The summed E-state index contributed by atoms with van der Waals surface area (Å²) in [6.45, 7) is 3.71. The number of carbonyl (C=O) groups excluding carboxylic acids is 1. The second-order valence-electron chi connectivity index (χ2n) is 4.99. The van der Waals surface area contributed by atoms with Gasteiger partial charge in [-0.2, -0.15) is 0 Å². The molecule has 0 radical (unpaired) electrons. The molecule has 6 nitrogen and oxygen atoms in total. The predicted molar refractivity (Wildman–Crippen MR) is 69.9 cm³/mol. The Bertz CT molecular complexity index is 587. The van der Waals surface area contributed by atoms with Crippen LogP contribution in [0.25, 0.3) is 10.9 Å². The molecule has 0 spiro atoms. The molecule has 100 valence electrons. The molecule has 19 heavy (non-hydrogen) atoms. The minimum Gasteiger partial charge on any atom is -0.389 e. The third-order valence-electron chi connectivity index (χ3n) is 3.56. The Labute approximate surface area is 110 Å². The lowest BCUT2D eigenvalue weighted by Crippen LogP contribution is -2.39. The molecule has 1 fully saturated rings. The molecule has 6 heteroatoms. The van der Waals surface area contributed by atoms with Crippen LogP contribution < -0.4 is 4.74 Å². The van der Waals surface area contributed by atoms with Crippen LogP contribution in [0.15, 0.2) is 18.5 Å². The van der Waals surface area contributed by atoms with Crippen LogP contribution in [0.3, 0.4) is 0 Å². The molecule has 1 aliphatic rings. The van der Waals surface area contributed by atoms with Crippen molar-refractivity contribution in [3.05, 3.63) is 18.5 Å². The van der Waals surface area contributed by atoms with E-state index in [4.69, 9.17) is 4.74 Å². The van der Waals surface area contributed by atoms with Gasteiger partial charge < -0.3 is 9.64 Å². The van der Waals surface area contributed by atoms with Gasteiger partial charge in [0.15, 0.2) is 0 Å². The number of ether oxygens (including phenoxy) is 1. The molecule has 3 heterocycles. The average molecular weight is 260 g/mol. The highest BCUT2D eigenvalue weighted by Crippen LogP contribution is 2.22. The van der Waals surface area contributed by atoms with Crippen molar-refractivity contribution >= 4 is 17.0 Å². The summed E-state index contributed by atoms with van der Waals surface area (Å²) in [5.74, 6) is 0.978. The highest BCUT2D eigenvalue weighted by Gasteiger charge is 2.23. The van der Waals surface area contributed by atoms with E-state index in [1.807, 2.05) is 0 Å². The molecule has 1 amide bonds. The van der Waals surface area contributed by atoms with Gasteiger partial charge in [0.1, 0.15) is 0 Å². The predicted octanol–water partition coefficient (Wildman–Crippen LogP) is 2.19. The van der Waals surface area contributed by atoms with E-state index in [2.05, 4.69) is 22.1 Å². The fraction of sp³-hybridized carbons (Fsp3) is 0.462. The number of hydrogen-bond donors (Lipinski definition) is 1. The van der Waals surface area contributed by atoms with E-state index < -0.39 is 0 Å². The normalized spacial score (nSPS) is 16.8. The number of aromatic nitrogens is 3. The summed E-state index contributed by atoms with van der Waals surface area (Å²) in [7, 11) is 0. The summed E-state index contributed by atoms with van der Waals surface area (Å²) in [5.41, 5.74) is 0.810. The van der Waals surface area contributed by atoms with Crippen molar-refractivity contribution in [1.82, 2.24) is 20.1 Å². The number of piperidine rings is 1. The largest absolute Gasteiger partial charge is 0.416 e. The molecule has 0 aromatic carbocycles. The third-order valence-corrected chi connectivity index (χ3v) is 3.56. The highest BCUT2D eigenvalue weighted by molar-refractivity contribution is 5.85. The maximum atomic E-state index is 12.0. The molecule has 2 aromatic heterocycles. The van der Waals surface area contributed by atoms with E-state index >= 15 is 0 Å². The molecule has 0 aliphatic carbocycles. The third kappa shape index (κ3) is 2.38. The van der Waals surface area contributed by atoms with Crippen LogP contribution in [0.4, 0.5) is 4.79 Å². The number of H-pyrrole nitrogens is 1. The molecule has 0 saturated carbocycles. The molecule has 0 unspecified atom stereocenters. The van der Waals surface area contributed by atoms with Crippen molar-refractivity contribution < 1.29 is 9.53 Å². The monoisotopic (exact) mass is 260 g/mol. The number of nitrogens with one attached hydrogen (secondary N) is 1. The van der Waals surface area contributed by atoms with E-state index in [-0.39, 0.29) is 6.09 Å². The van der Waals surface area contributed by atoms with Gasteiger partial charge in [0, 0.05) is 25.5 Å². The van der Waals surface area contributed by atoms with Crippen molar-refractivity contribution in [3.8, 4) is 5.88 Å². The molecule has 0 bridgehead atoms. The Kier molecular flexibility index (Phi) is 3.06. The van der Waals surface area contributed by atoms with E-state index in [0.29, 0.717) is 11.8 Å². The summed E-state index contributed by atoms with van der Waals surface area (Å²) in [5, 5.41) is 7.55. The molecule has 0 atom stereocenters. The minimum atomic E-state index is -0.329. The summed E-state index contributed by atoms with van der Waals surface area (Å²) in [6, 6.07) is 1.79. The Morgan fingerprint density at radius 3 is 3.05 bits per heavy atom. The SMILES string of the molecule is CC1CCN(C(=O)Oc2n[nH]c3ccncc23)CC1. The minimum absolute atomic E-state index is 0.298. The summed E-state index contributed by atoms with van der Waals surface area (Å²) >= 11 is 0.